The molecule has 1 N–H and O–H groups in total. The van der Waals surface area contributed by atoms with Crippen molar-refractivity contribution in [1.29, 1.82) is 0 Å². The van der Waals surface area contributed by atoms with Gasteiger partial charge in [0, 0.05) is 23.6 Å². The van der Waals surface area contributed by atoms with Crippen molar-refractivity contribution < 1.29 is 31.1 Å². The van der Waals surface area contributed by atoms with Crippen molar-refractivity contribution in [1.82, 2.24) is 0 Å². The van der Waals surface area contributed by atoms with Crippen molar-refractivity contribution in [3.8, 4) is 5.75 Å². The van der Waals surface area contributed by atoms with E-state index in [4.69, 9.17) is 4.74 Å². The van der Waals surface area contributed by atoms with Crippen LogP contribution in [-0.4, -0.2) is 12.5 Å². The predicted molar refractivity (Wildman–Crippen MR) is 174 cm³/mol. The number of ether oxygens (including phenoxy) is 1. The van der Waals surface area contributed by atoms with E-state index in [9.17, 15) is 4.79 Å². The van der Waals surface area contributed by atoms with Gasteiger partial charge in [-0.1, -0.05) is 128 Å². The van der Waals surface area contributed by atoms with Crippen LogP contribution < -0.4 is 31.6 Å². The van der Waals surface area contributed by atoms with Gasteiger partial charge in [-0.05, 0) is 36.1 Å². The number of aromatic nitrogens is 1. The van der Waals surface area contributed by atoms with E-state index in [1.165, 1.54) is 76.3 Å². The maximum atomic E-state index is 13.4. The van der Waals surface area contributed by atoms with Gasteiger partial charge in [0.1, 0.15) is 5.75 Å². The van der Waals surface area contributed by atoms with Gasteiger partial charge in [0.05, 0.1) is 17.7 Å². The first-order valence-corrected chi connectivity index (χ1v) is 16.8. The van der Waals surface area contributed by atoms with Crippen LogP contribution in [0.5, 0.6) is 5.75 Å². The highest BCUT2D eigenvalue weighted by molar-refractivity contribution is 7.07. The van der Waals surface area contributed by atoms with E-state index in [0.29, 0.717) is 5.56 Å². The third-order valence-electron chi connectivity index (χ3n) is 7.79. The number of hydrogen-bond acceptors (Lipinski definition) is 3. The first kappa shape index (κ1) is 36.0. The van der Waals surface area contributed by atoms with Crippen LogP contribution in [-0.2, 0) is 12.0 Å². The molecule has 42 heavy (non-hydrogen) atoms. The van der Waals surface area contributed by atoms with E-state index in [1.807, 2.05) is 36.4 Å². The molecule has 0 aliphatic rings. The van der Waals surface area contributed by atoms with Gasteiger partial charge in [0.2, 0.25) is 5.51 Å². The SMILES string of the molecule is CCCCCCCCCCCCCCOc1ccc(C(=O)Nc2ccccc2C[n+]2cscc2C)cc1C(C)(C)C.[Br-]. The maximum absolute atomic E-state index is 13.4. The number of hydrogen-bond donors (Lipinski definition) is 1. The Bertz CT molecular complexity index is 1200. The lowest BCUT2D eigenvalue weighted by Crippen LogP contribution is -3.00. The second kappa shape index (κ2) is 19.2. The van der Waals surface area contributed by atoms with Gasteiger partial charge in [-0.15, -0.1) is 0 Å². The number of nitrogens with one attached hydrogen (secondary N) is 1. The molecule has 0 unspecified atom stereocenters. The van der Waals surface area contributed by atoms with Gasteiger partial charge >= 0.3 is 0 Å². The average Bonchev–Trinajstić information content (AvgIpc) is 3.35. The van der Waals surface area contributed by atoms with E-state index >= 15 is 0 Å². The number of aryl methyl sites for hydroxylation is 1. The Balaban J connectivity index is 0.00000616. The third-order valence-corrected chi connectivity index (χ3v) is 8.64. The Kier molecular flexibility index (Phi) is 16.4. The summed E-state index contributed by atoms with van der Waals surface area (Å²) in [5.74, 6) is 0.796. The molecule has 1 aromatic heterocycles. The van der Waals surface area contributed by atoms with Crippen molar-refractivity contribution in [3.05, 3.63) is 75.7 Å². The highest BCUT2D eigenvalue weighted by Crippen LogP contribution is 2.33. The maximum Gasteiger partial charge on any atom is 0.255 e. The van der Waals surface area contributed by atoms with E-state index in [-0.39, 0.29) is 28.3 Å². The van der Waals surface area contributed by atoms with Gasteiger partial charge in [0.25, 0.3) is 5.91 Å². The number of benzene rings is 2. The minimum absolute atomic E-state index is 0. The molecule has 0 bridgehead atoms. The Morgan fingerprint density at radius 2 is 1.50 bits per heavy atom. The van der Waals surface area contributed by atoms with Crippen LogP contribution in [0.15, 0.2) is 53.4 Å². The number of thiazole rings is 1. The van der Waals surface area contributed by atoms with Gasteiger partial charge in [-0.2, -0.15) is 4.57 Å². The minimum Gasteiger partial charge on any atom is -1.00 e. The quantitative estimate of drug-likeness (QED) is 0.118. The molecule has 0 atom stereocenters. The number of nitrogens with zero attached hydrogens (tertiary/aromatic N) is 1. The normalized spacial score (nSPS) is 11.3. The molecule has 0 spiro atoms. The first-order chi connectivity index (χ1) is 19.8. The number of anilines is 1. The molecule has 0 aliphatic carbocycles. The number of unbranched alkanes of at least 4 members (excludes halogenated alkanes) is 11. The molecular formula is C36H53BrN2O2S. The monoisotopic (exact) mass is 656 g/mol. The molecule has 0 saturated carbocycles. The topological polar surface area (TPSA) is 42.2 Å². The summed E-state index contributed by atoms with van der Waals surface area (Å²) >= 11 is 1.69. The molecule has 3 aromatic rings. The van der Waals surface area contributed by atoms with E-state index in [0.717, 1.165) is 42.1 Å². The van der Waals surface area contributed by atoms with Crippen molar-refractivity contribution in [2.24, 2.45) is 0 Å². The molecule has 2 aromatic carbocycles. The number of rotatable bonds is 18. The summed E-state index contributed by atoms with van der Waals surface area (Å²) in [5.41, 5.74) is 6.85. The van der Waals surface area contributed by atoms with Crippen molar-refractivity contribution >= 4 is 22.9 Å². The van der Waals surface area contributed by atoms with Gasteiger partial charge in [-0.3, -0.25) is 4.79 Å². The Morgan fingerprint density at radius 1 is 0.881 bits per heavy atom. The summed E-state index contributed by atoms with van der Waals surface area (Å²) in [6.07, 6.45) is 16.0. The molecule has 0 fully saturated rings. The van der Waals surface area contributed by atoms with Crippen LogP contribution in [0.25, 0.3) is 0 Å². The summed E-state index contributed by atoms with van der Waals surface area (Å²) in [5, 5.41) is 5.30. The lowest BCUT2D eigenvalue weighted by molar-refractivity contribution is -0.689. The van der Waals surface area contributed by atoms with E-state index < -0.39 is 0 Å². The summed E-state index contributed by atoms with van der Waals surface area (Å²) < 4.78 is 8.47. The van der Waals surface area contributed by atoms with E-state index in [2.05, 4.69) is 61.5 Å². The molecule has 3 rings (SSSR count). The minimum atomic E-state index is -0.132. The molecule has 1 amide bonds. The van der Waals surface area contributed by atoms with Crippen molar-refractivity contribution in [2.45, 2.75) is 124 Å². The fourth-order valence-corrected chi connectivity index (χ4v) is 5.96. The zero-order chi connectivity index (χ0) is 29.5. The summed E-state index contributed by atoms with van der Waals surface area (Å²) in [6.45, 7) is 12.4. The highest BCUT2D eigenvalue weighted by Gasteiger charge is 2.22. The van der Waals surface area contributed by atoms with Crippen LogP contribution in [0.4, 0.5) is 5.69 Å². The summed E-state index contributed by atoms with van der Waals surface area (Å²) in [6, 6.07) is 13.9. The van der Waals surface area contributed by atoms with Crippen LogP contribution in [0.3, 0.4) is 0 Å². The molecule has 0 saturated heterocycles. The number of halogens is 1. The summed E-state index contributed by atoms with van der Waals surface area (Å²) in [4.78, 5) is 13.4. The zero-order valence-corrected chi connectivity index (χ0v) is 29.0. The Morgan fingerprint density at radius 3 is 2.10 bits per heavy atom. The predicted octanol–water partition coefficient (Wildman–Crippen LogP) is 7.03. The molecule has 0 radical (unpaired) electrons. The largest absolute Gasteiger partial charge is 1.00 e. The second-order valence-electron chi connectivity index (χ2n) is 12.4. The second-order valence-corrected chi connectivity index (χ2v) is 13.2. The Hall–Kier alpha value is -2.18. The zero-order valence-electron chi connectivity index (χ0n) is 26.6. The standard InChI is InChI=1S/C36H52N2O2S.BrH/c1-6-7-8-9-10-11-12-13-14-15-16-19-24-40-34-23-22-30(25-32(34)36(3,4)5)35(39)37-33-21-18-17-20-31(33)26-38-28-41-27-29(38)2;/h17-18,20-23,25,27-28H,6-16,19,24,26H2,1-5H3;1H. The lowest BCUT2D eigenvalue weighted by atomic mass is 9.85. The average molecular weight is 658 g/mol. The smallest absolute Gasteiger partial charge is 0.255 e. The number of para-hydroxylation sites is 1. The fraction of sp³-hybridized carbons (Fsp3) is 0.556. The molecule has 0 aliphatic heterocycles. The van der Waals surface area contributed by atoms with Crippen LogP contribution in [0, 0.1) is 6.92 Å². The number of amides is 1. The van der Waals surface area contributed by atoms with Gasteiger partial charge in [-0.25, -0.2) is 0 Å². The molecule has 6 heteroatoms. The third kappa shape index (κ3) is 12.2. The fourth-order valence-electron chi connectivity index (χ4n) is 5.18. The lowest BCUT2D eigenvalue weighted by Gasteiger charge is -2.24. The van der Waals surface area contributed by atoms with Crippen molar-refractivity contribution in [3.63, 3.8) is 0 Å². The molecule has 4 nitrogen and oxygen atoms in total. The summed E-state index contributed by atoms with van der Waals surface area (Å²) in [7, 11) is 0. The molecule has 1 heterocycles. The van der Waals surface area contributed by atoms with Crippen LogP contribution in [0.2, 0.25) is 0 Å². The molecular weight excluding hydrogens is 604 g/mol. The van der Waals surface area contributed by atoms with E-state index in [1.54, 1.807) is 11.3 Å². The van der Waals surface area contributed by atoms with Gasteiger partial charge in [0.15, 0.2) is 12.2 Å². The highest BCUT2D eigenvalue weighted by atomic mass is 79.9. The van der Waals surface area contributed by atoms with Gasteiger partial charge < -0.3 is 27.0 Å². The van der Waals surface area contributed by atoms with Crippen molar-refractivity contribution in [2.75, 3.05) is 11.9 Å². The van der Waals surface area contributed by atoms with Crippen LogP contribution in [0.1, 0.15) is 132 Å². The Labute approximate surface area is 270 Å². The first-order valence-electron chi connectivity index (χ1n) is 15.9. The van der Waals surface area contributed by atoms with Crippen LogP contribution >= 0.6 is 11.3 Å². The number of carbonyl (C=O) groups is 1. The number of carbonyl (C=O) groups excluding carboxylic acids is 1. The molecule has 232 valence electrons.